The molecular formula is C13H23N3O2. The molecule has 1 heterocycles. The number of hydrogen-bond acceptors (Lipinski definition) is 5. The van der Waals surface area contributed by atoms with E-state index in [0.29, 0.717) is 24.9 Å². The molecule has 0 spiro atoms. The van der Waals surface area contributed by atoms with Gasteiger partial charge < -0.3 is 15.2 Å². The Kier molecular flexibility index (Phi) is 5.04. The van der Waals surface area contributed by atoms with Crippen LogP contribution in [-0.4, -0.2) is 23.7 Å². The van der Waals surface area contributed by atoms with Gasteiger partial charge >= 0.3 is 0 Å². The first-order valence-electron chi connectivity index (χ1n) is 6.12. The fraction of sp³-hybridized carbons (Fsp3) is 0.692. The highest BCUT2D eigenvalue weighted by Crippen LogP contribution is 2.34. The minimum absolute atomic E-state index is 0.0891. The molecule has 102 valence electrons. The second-order valence-electron chi connectivity index (χ2n) is 5.28. The number of ether oxygens (including phenoxy) is 2. The van der Waals surface area contributed by atoms with E-state index in [1.807, 2.05) is 6.92 Å². The van der Waals surface area contributed by atoms with Crippen LogP contribution in [0.25, 0.3) is 0 Å². The number of rotatable bonds is 5. The van der Waals surface area contributed by atoms with Crippen LogP contribution in [-0.2, 0) is 16.1 Å². The molecule has 18 heavy (non-hydrogen) atoms. The maximum atomic E-state index is 5.80. The summed E-state index contributed by atoms with van der Waals surface area (Å²) < 4.78 is 10.8. The van der Waals surface area contributed by atoms with Crippen LogP contribution in [0.2, 0.25) is 0 Å². The first-order valence-corrected chi connectivity index (χ1v) is 6.12. The zero-order valence-corrected chi connectivity index (χ0v) is 11.9. The van der Waals surface area contributed by atoms with Gasteiger partial charge in [0.1, 0.15) is 11.9 Å². The lowest BCUT2D eigenvalue weighted by atomic mass is 9.88. The summed E-state index contributed by atoms with van der Waals surface area (Å²) >= 11 is 0. The second kappa shape index (κ2) is 6.11. The zero-order chi connectivity index (χ0) is 13.8. The van der Waals surface area contributed by atoms with E-state index in [0.717, 1.165) is 5.69 Å². The summed E-state index contributed by atoms with van der Waals surface area (Å²) in [5, 5.41) is 0. The minimum atomic E-state index is -0.179. The molecule has 1 atom stereocenters. The Morgan fingerprint density at radius 3 is 2.50 bits per heavy atom. The lowest BCUT2D eigenvalue weighted by Crippen LogP contribution is -2.24. The molecule has 0 saturated heterocycles. The highest BCUT2D eigenvalue weighted by atomic mass is 16.5. The largest absolute Gasteiger partial charge is 0.384 e. The van der Waals surface area contributed by atoms with E-state index in [-0.39, 0.29) is 11.5 Å². The fourth-order valence-electron chi connectivity index (χ4n) is 1.76. The average molecular weight is 253 g/mol. The molecule has 1 aromatic heterocycles. The van der Waals surface area contributed by atoms with Gasteiger partial charge in [-0.3, -0.25) is 0 Å². The maximum Gasteiger partial charge on any atom is 0.160 e. The summed E-state index contributed by atoms with van der Waals surface area (Å²) in [5.74, 6) is 1.07. The van der Waals surface area contributed by atoms with Crippen molar-refractivity contribution in [2.75, 3.05) is 19.5 Å². The third-order valence-corrected chi connectivity index (χ3v) is 2.46. The highest BCUT2D eigenvalue weighted by molar-refractivity contribution is 5.30. The van der Waals surface area contributed by atoms with Crippen LogP contribution in [0.5, 0.6) is 0 Å². The number of anilines is 1. The normalized spacial score (nSPS) is 13.6. The molecule has 0 amide bonds. The van der Waals surface area contributed by atoms with Gasteiger partial charge in [-0.2, -0.15) is 0 Å². The zero-order valence-electron chi connectivity index (χ0n) is 11.9. The van der Waals surface area contributed by atoms with Crippen molar-refractivity contribution in [1.29, 1.82) is 0 Å². The summed E-state index contributed by atoms with van der Waals surface area (Å²) in [7, 11) is 1.63. The SMILES string of the molecule is CCOC(c1nc(N)cc(COC)n1)C(C)(C)C. The van der Waals surface area contributed by atoms with Crippen molar-refractivity contribution in [3.63, 3.8) is 0 Å². The van der Waals surface area contributed by atoms with Crippen LogP contribution in [0.1, 0.15) is 45.3 Å². The van der Waals surface area contributed by atoms with Gasteiger partial charge in [-0.25, -0.2) is 9.97 Å². The quantitative estimate of drug-likeness (QED) is 0.872. The molecule has 0 aromatic carbocycles. The van der Waals surface area contributed by atoms with E-state index in [9.17, 15) is 0 Å². The standard InChI is InChI=1S/C13H23N3O2/c1-6-18-11(13(2,3)4)12-15-9(8-17-5)7-10(14)16-12/h7,11H,6,8H2,1-5H3,(H2,14,15,16). The minimum Gasteiger partial charge on any atom is -0.384 e. The van der Waals surface area contributed by atoms with Gasteiger partial charge in [0, 0.05) is 19.8 Å². The highest BCUT2D eigenvalue weighted by Gasteiger charge is 2.29. The van der Waals surface area contributed by atoms with Crippen molar-refractivity contribution in [2.45, 2.75) is 40.4 Å². The Bertz CT molecular complexity index is 388. The molecular weight excluding hydrogens is 230 g/mol. The molecule has 1 rings (SSSR count). The van der Waals surface area contributed by atoms with E-state index in [1.54, 1.807) is 13.2 Å². The van der Waals surface area contributed by atoms with Crippen LogP contribution in [0.4, 0.5) is 5.82 Å². The van der Waals surface area contributed by atoms with Crippen molar-refractivity contribution < 1.29 is 9.47 Å². The third-order valence-electron chi connectivity index (χ3n) is 2.46. The fourth-order valence-corrected chi connectivity index (χ4v) is 1.76. The first kappa shape index (κ1) is 14.9. The van der Waals surface area contributed by atoms with Crippen molar-refractivity contribution in [3.05, 3.63) is 17.6 Å². The summed E-state index contributed by atoms with van der Waals surface area (Å²) in [4.78, 5) is 8.76. The van der Waals surface area contributed by atoms with Gasteiger partial charge in [0.05, 0.1) is 12.3 Å². The summed E-state index contributed by atoms with van der Waals surface area (Å²) in [6.07, 6.45) is -0.179. The van der Waals surface area contributed by atoms with Crippen LogP contribution in [0.15, 0.2) is 6.07 Å². The van der Waals surface area contributed by atoms with Crippen LogP contribution in [0, 0.1) is 5.41 Å². The molecule has 0 aliphatic carbocycles. The summed E-state index contributed by atoms with van der Waals surface area (Å²) in [5.41, 5.74) is 6.49. The van der Waals surface area contributed by atoms with E-state index in [4.69, 9.17) is 15.2 Å². The first-order chi connectivity index (χ1) is 8.38. The van der Waals surface area contributed by atoms with E-state index >= 15 is 0 Å². The van der Waals surface area contributed by atoms with Crippen LogP contribution in [0.3, 0.4) is 0 Å². The smallest absolute Gasteiger partial charge is 0.160 e. The van der Waals surface area contributed by atoms with Gasteiger partial charge in [-0.1, -0.05) is 20.8 Å². The Morgan fingerprint density at radius 1 is 1.33 bits per heavy atom. The maximum absolute atomic E-state index is 5.80. The molecule has 0 saturated carbocycles. The molecule has 2 N–H and O–H groups in total. The van der Waals surface area contributed by atoms with Crippen LogP contribution < -0.4 is 5.73 Å². The van der Waals surface area contributed by atoms with Crippen molar-refractivity contribution in [2.24, 2.45) is 5.41 Å². The molecule has 0 aliphatic heterocycles. The predicted octanol–water partition coefficient (Wildman–Crippen LogP) is 2.33. The molecule has 5 heteroatoms. The molecule has 0 fully saturated rings. The molecule has 1 aromatic rings. The Hall–Kier alpha value is -1.20. The average Bonchev–Trinajstić information content (AvgIpc) is 2.23. The Balaban J connectivity index is 3.11. The Morgan fingerprint density at radius 2 is 2.00 bits per heavy atom. The lowest BCUT2D eigenvalue weighted by molar-refractivity contribution is -0.0193. The van der Waals surface area contributed by atoms with Crippen molar-refractivity contribution in [3.8, 4) is 0 Å². The number of nitrogens with two attached hydrogens (primary N) is 1. The van der Waals surface area contributed by atoms with Crippen molar-refractivity contribution >= 4 is 5.82 Å². The topological polar surface area (TPSA) is 70.3 Å². The van der Waals surface area contributed by atoms with E-state index in [1.165, 1.54) is 0 Å². The molecule has 0 radical (unpaired) electrons. The number of nitrogens with zero attached hydrogens (tertiary/aromatic N) is 2. The van der Waals surface area contributed by atoms with Gasteiger partial charge in [-0.05, 0) is 12.3 Å². The van der Waals surface area contributed by atoms with Gasteiger partial charge in [0.15, 0.2) is 5.82 Å². The van der Waals surface area contributed by atoms with Crippen molar-refractivity contribution in [1.82, 2.24) is 9.97 Å². The number of nitrogen functional groups attached to an aromatic ring is 1. The van der Waals surface area contributed by atoms with Gasteiger partial charge in [0.2, 0.25) is 0 Å². The summed E-state index contributed by atoms with van der Waals surface area (Å²) in [6, 6.07) is 1.72. The van der Waals surface area contributed by atoms with E-state index < -0.39 is 0 Å². The van der Waals surface area contributed by atoms with Gasteiger partial charge in [-0.15, -0.1) is 0 Å². The molecule has 0 bridgehead atoms. The Labute approximate surface area is 109 Å². The predicted molar refractivity (Wildman–Crippen MR) is 71.0 cm³/mol. The number of hydrogen-bond donors (Lipinski definition) is 1. The number of aromatic nitrogens is 2. The van der Waals surface area contributed by atoms with Crippen LogP contribution >= 0.6 is 0 Å². The van der Waals surface area contributed by atoms with Gasteiger partial charge in [0.25, 0.3) is 0 Å². The second-order valence-corrected chi connectivity index (χ2v) is 5.28. The molecule has 0 aliphatic rings. The molecule has 5 nitrogen and oxygen atoms in total. The number of methoxy groups -OCH3 is 1. The monoisotopic (exact) mass is 253 g/mol. The summed E-state index contributed by atoms with van der Waals surface area (Å²) in [6.45, 7) is 9.27. The van der Waals surface area contributed by atoms with E-state index in [2.05, 4.69) is 30.7 Å². The third kappa shape index (κ3) is 3.92. The lowest BCUT2D eigenvalue weighted by Gasteiger charge is -2.29. The molecule has 1 unspecified atom stereocenters.